The van der Waals surface area contributed by atoms with Gasteiger partial charge in [-0.25, -0.2) is 9.67 Å². The molecule has 5 rings (SSSR count). The molecular formula is C21H22N8OS. The van der Waals surface area contributed by atoms with E-state index in [2.05, 4.69) is 31.1 Å². The molecule has 0 amide bonds. The summed E-state index contributed by atoms with van der Waals surface area (Å²) >= 11 is 1.38. The van der Waals surface area contributed by atoms with Crippen LogP contribution in [0.1, 0.15) is 49.0 Å². The van der Waals surface area contributed by atoms with Crippen molar-refractivity contribution in [1.29, 1.82) is 5.26 Å². The van der Waals surface area contributed by atoms with Crippen LogP contribution in [0.2, 0.25) is 0 Å². The standard InChI is InChI=1S/C21H22N8OS/c1-13-21(25-27-29(13)16-3-6-23-7-4-16)15-9-19-24-12-17(11-22)28(19)20(10-15)30-14(2)18-5-8-31-26-18/h5,8-10,12,14,16,23H,3-4,6-7H2,1-2H3. The van der Waals surface area contributed by atoms with E-state index in [9.17, 15) is 5.26 Å². The number of ether oxygens (including phenoxy) is 1. The maximum absolute atomic E-state index is 9.54. The van der Waals surface area contributed by atoms with Gasteiger partial charge in [0, 0.05) is 17.0 Å². The molecule has 158 valence electrons. The molecule has 1 aliphatic rings. The number of piperidine rings is 1. The van der Waals surface area contributed by atoms with Gasteiger partial charge in [-0.3, -0.25) is 4.40 Å². The van der Waals surface area contributed by atoms with Crippen molar-refractivity contribution in [3.8, 4) is 23.2 Å². The molecule has 0 bridgehead atoms. The van der Waals surface area contributed by atoms with Gasteiger partial charge in [-0.15, -0.1) is 5.10 Å². The maximum Gasteiger partial charge on any atom is 0.201 e. The number of aromatic nitrogens is 6. The van der Waals surface area contributed by atoms with Crippen molar-refractivity contribution < 1.29 is 4.74 Å². The first-order valence-corrected chi connectivity index (χ1v) is 11.1. The molecule has 31 heavy (non-hydrogen) atoms. The molecule has 10 heteroatoms. The van der Waals surface area contributed by atoms with Gasteiger partial charge < -0.3 is 10.1 Å². The lowest BCUT2D eigenvalue weighted by Crippen LogP contribution is -2.30. The second-order valence-electron chi connectivity index (χ2n) is 7.66. The largest absolute Gasteiger partial charge is 0.469 e. The van der Waals surface area contributed by atoms with E-state index in [0.717, 1.165) is 48.6 Å². The first-order chi connectivity index (χ1) is 15.2. The quantitative estimate of drug-likeness (QED) is 0.514. The fourth-order valence-electron chi connectivity index (χ4n) is 4.06. The second kappa shape index (κ2) is 8.09. The highest BCUT2D eigenvalue weighted by Gasteiger charge is 2.22. The van der Waals surface area contributed by atoms with Crippen LogP contribution in [0.5, 0.6) is 5.88 Å². The van der Waals surface area contributed by atoms with Gasteiger partial charge in [-0.1, -0.05) is 5.21 Å². The molecule has 0 saturated carbocycles. The van der Waals surface area contributed by atoms with E-state index < -0.39 is 0 Å². The van der Waals surface area contributed by atoms with Gasteiger partial charge >= 0.3 is 0 Å². The van der Waals surface area contributed by atoms with Crippen LogP contribution in [0.15, 0.2) is 29.8 Å². The Labute approximate surface area is 183 Å². The first-order valence-electron chi connectivity index (χ1n) is 10.3. The zero-order valence-corrected chi connectivity index (χ0v) is 18.1. The number of rotatable bonds is 5. The van der Waals surface area contributed by atoms with E-state index >= 15 is 0 Å². The number of nitriles is 1. The average Bonchev–Trinajstić information content (AvgIpc) is 3.54. The minimum atomic E-state index is -0.273. The maximum atomic E-state index is 9.54. The lowest BCUT2D eigenvalue weighted by Gasteiger charge is -2.23. The fourth-order valence-corrected chi connectivity index (χ4v) is 4.65. The van der Waals surface area contributed by atoms with E-state index in [1.165, 1.54) is 11.5 Å². The number of hydrogen-bond donors (Lipinski definition) is 1. The predicted molar refractivity (Wildman–Crippen MR) is 116 cm³/mol. The van der Waals surface area contributed by atoms with Crippen molar-refractivity contribution in [3.63, 3.8) is 0 Å². The molecule has 1 unspecified atom stereocenters. The summed E-state index contributed by atoms with van der Waals surface area (Å²) in [6, 6.07) is 8.30. The second-order valence-corrected chi connectivity index (χ2v) is 8.33. The van der Waals surface area contributed by atoms with Gasteiger partial charge in [0.15, 0.2) is 0 Å². The van der Waals surface area contributed by atoms with Crippen LogP contribution < -0.4 is 10.1 Å². The van der Waals surface area contributed by atoms with Crippen LogP contribution in [0.4, 0.5) is 0 Å². The summed E-state index contributed by atoms with van der Waals surface area (Å²) < 4.78 is 14.4. The minimum Gasteiger partial charge on any atom is -0.469 e. The molecule has 5 heterocycles. The molecule has 9 nitrogen and oxygen atoms in total. The Kier molecular flexibility index (Phi) is 5.13. The normalized spacial score (nSPS) is 15.8. The Hall–Kier alpha value is -3.29. The molecule has 0 spiro atoms. The third kappa shape index (κ3) is 3.56. The zero-order chi connectivity index (χ0) is 21.4. The van der Waals surface area contributed by atoms with Crippen molar-refractivity contribution >= 4 is 17.2 Å². The smallest absolute Gasteiger partial charge is 0.201 e. The highest BCUT2D eigenvalue weighted by atomic mass is 32.1. The van der Waals surface area contributed by atoms with E-state index in [-0.39, 0.29) is 6.10 Å². The Morgan fingerprint density at radius 1 is 1.32 bits per heavy atom. The summed E-state index contributed by atoms with van der Waals surface area (Å²) in [4.78, 5) is 4.42. The van der Waals surface area contributed by atoms with Gasteiger partial charge in [-0.05, 0) is 63.4 Å². The monoisotopic (exact) mass is 434 g/mol. The molecule has 0 aliphatic carbocycles. The number of nitrogens with one attached hydrogen (secondary N) is 1. The number of imidazole rings is 1. The topological polar surface area (TPSA) is 106 Å². The van der Waals surface area contributed by atoms with Crippen LogP contribution in [0.25, 0.3) is 16.9 Å². The van der Waals surface area contributed by atoms with Gasteiger partial charge in [-0.2, -0.15) is 9.64 Å². The molecular weight excluding hydrogens is 412 g/mol. The van der Waals surface area contributed by atoms with E-state index in [4.69, 9.17) is 4.74 Å². The Morgan fingerprint density at radius 3 is 2.90 bits per heavy atom. The average molecular weight is 435 g/mol. The number of nitrogens with zero attached hydrogens (tertiary/aromatic N) is 7. The molecule has 1 aliphatic heterocycles. The molecule has 1 atom stereocenters. The summed E-state index contributed by atoms with van der Waals surface area (Å²) in [6.07, 6.45) is 3.35. The molecule has 1 fully saturated rings. The van der Waals surface area contributed by atoms with Crippen molar-refractivity contribution in [2.24, 2.45) is 0 Å². The van der Waals surface area contributed by atoms with E-state index in [1.54, 1.807) is 10.6 Å². The van der Waals surface area contributed by atoms with Crippen LogP contribution in [0.3, 0.4) is 0 Å². The Bertz CT molecular complexity index is 1250. The summed E-state index contributed by atoms with van der Waals surface area (Å²) in [5.41, 5.74) is 4.56. The van der Waals surface area contributed by atoms with Crippen LogP contribution in [-0.2, 0) is 0 Å². The fraction of sp³-hybridized carbons (Fsp3) is 0.381. The molecule has 1 saturated heterocycles. The minimum absolute atomic E-state index is 0.273. The van der Waals surface area contributed by atoms with E-state index in [1.807, 2.05) is 42.1 Å². The number of hydrogen-bond acceptors (Lipinski definition) is 8. The highest BCUT2D eigenvalue weighted by molar-refractivity contribution is 7.03. The van der Waals surface area contributed by atoms with Crippen molar-refractivity contribution in [1.82, 2.24) is 34.1 Å². The van der Waals surface area contributed by atoms with E-state index in [0.29, 0.717) is 23.3 Å². The molecule has 4 aromatic heterocycles. The van der Waals surface area contributed by atoms with Gasteiger partial charge in [0.05, 0.1) is 23.6 Å². The van der Waals surface area contributed by atoms with Crippen molar-refractivity contribution in [2.75, 3.05) is 13.1 Å². The molecule has 1 N–H and O–H groups in total. The lowest BCUT2D eigenvalue weighted by molar-refractivity contribution is 0.211. The number of fused-ring (bicyclic) bond motifs is 1. The molecule has 0 radical (unpaired) electrons. The molecule has 0 aromatic carbocycles. The summed E-state index contributed by atoms with van der Waals surface area (Å²) in [5.74, 6) is 0.526. The summed E-state index contributed by atoms with van der Waals surface area (Å²) in [5, 5.41) is 23.8. The Morgan fingerprint density at radius 2 is 2.16 bits per heavy atom. The predicted octanol–water partition coefficient (Wildman–Crippen LogP) is 3.29. The lowest BCUT2D eigenvalue weighted by atomic mass is 10.1. The van der Waals surface area contributed by atoms with Crippen molar-refractivity contribution in [2.45, 2.75) is 38.8 Å². The van der Waals surface area contributed by atoms with Gasteiger partial charge in [0.1, 0.15) is 29.2 Å². The van der Waals surface area contributed by atoms with Crippen LogP contribution >= 0.6 is 11.5 Å². The zero-order valence-electron chi connectivity index (χ0n) is 17.3. The third-order valence-corrected chi connectivity index (χ3v) is 6.29. The first kappa shape index (κ1) is 19.7. The third-order valence-electron chi connectivity index (χ3n) is 5.71. The Balaban J connectivity index is 1.57. The van der Waals surface area contributed by atoms with Crippen LogP contribution in [0, 0.1) is 18.3 Å². The summed E-state index contributed by atoms with van der Waals surface area (Å²) in [7, 11) is 0. The van der Waals surface area contributed by atoms with Gasteiger partial charge in [0.25, 0.3) is 0 Å². The highest BCUT2D eigenvalue weighted by Crippen LogP contribution is 2.32. The van der Waals surface area contributed by atoms with Crippen molar-refractivity contribution in [3.05, 3.63) is 46.9 Å². The number of pyridine rings is 1. The SMILES string of the molecule is Cc1c(-c2cc(OC(C)c3ccsn3)n3c(C#N)cnc3c2)nnn1C1CCNCC1. The molecule has 4 aromatic rings. The van der Waals surface area contributed by atoms with Gasteiger partial charge in [0.2, 0.25) is 5.88 Å². The van der Waals surface area contributed by atoms with Crippen LogP contribution in [-0.4, -0.2) is 41.8 Å². The summed E-state index contributed by atoms with van der Waals surface area (Å²) in [6.45, 7) is 5.97.